The van der Waals surface area contributed by atoms with E-state index in [-0.39, 0.29) is 11.3 Å². The molecular weight excluding hydrogens is 224 g/mol. The van der Waals surface area contributed by atoms with Crippen LogP contribution in [0.15, 0.2) is 30.3 Å². The molecule has 0 radical (unpaired) electrons. The number of hydrogen-bond acceptors (Lipinski definition) is 3. The third-order valence-electron chi connectivity index (χ3n) is 2.22. The number of fused-ring (bicyclic) bond motifs is 1. The molecule has 0 atom stereocenters. The van der Waals surface area contributed by atoms with Crippen LogP contribution in [-0.4, -0.2) is 32.3 Å². The van der Waals surface area contributed by atoms with Gasteiger partial charge in [-0.25, -0.2) is 9.59 Å². The summed E-state index contributed by atoms with van der Waals surface area (Å²) in [6.45, 7) is 0. The molecule has 3 N–H and O–H groups in total. The molecule has 0 aliphatic heterocycles. The molecule has 0 saturated carbocycles. The van der Waals surface area contributed by atoms with E-state index in [0.29, 0.717) is 17.0 Å². The van der Waals surface area contributed by atoms with Gasteiger partial charge in [-0.2, -0.15) is 5.10 Å². The van der Waals surface area contributed by atoms with E-state index >= 15 is 0 Å². The van der Waals surface area contributed by atoms with Crippen LogP contribution in [0.3, 0.4) is 0 Å². The maximum absolute atomic E-state index is 11.0. The molecule has 0 unspecified atom stereocenters. The maximum atomic E-state index is 11.0. The molecule has 86 valence electrons. The first kappa shape index (κ1) is 10.9. The Hall–Kier alpha value is -2.63. The highest BCUT2D eigenvalue weighted by atomic mass is 16.4. The maximum Gasteiger partial charge on any atom is 0.338 e. The molecule has 2 aromatic rings. The van der Waals surface area contributed by atoms with Gasteiger partial charge >= 0.3 is 11.9 Å². The quantitative estimate of drug-likeness (QED) is 0.688. The first-order valence-corrected chi connectivity index (χ1v) is 4.71. The molecule has 6 heteroatoms. The summed E-state index contributed by atoms with van der Waals surface area (Å²) in [6, 6.07) is 6.89. The summed E-state index contributed by atoms with van der Waals surface area (Å²) in [7, 11) is 0. The van der Waals surface area contributed by atoms with Crippen molar-refractivity contribution in [3.8, 4) is 0 Å². The minimum atomic E-state index is -1.33. The van der Waals surface area contributed by atoms with Crippen LogP contribution >= 0.6 is 0 Å². The van der Waals surface area contributed by atoms with Crippen molar-refractivity contribution in [3.05, 3.63) is 36.0 Å². The molecule has 1 heterocycles. The van der Waals surface area contributed by atoms with Gasteiger partial charge in [-0.3, -0.25) is 5.10 Å². The fourth-order valence-electron chi connectivity index (χ4n) is 1.52. The van der Waals surface area contributed by atoms with Gasteiger partial charge in [-0.15, -0.1) is 0 Å². The fraction of sp³-hybridized carbons (Fsp3) is 0. The highest BCUT2D eigenvalue weighted by molar-refractivity contribution is 6.21. The number of rotatable bonds is 3. The van der Waals surface area contributed by atoms with Crippen LogP contribution < -0.4 is 0 Å². The predicted molar refractivity (Wildman–Crippen MR) is 59.3 cm³/mol. The minimum Gasteiger partial charge on any atom is -0.478 e. The van der Waals surface area contributed by atoms with Crippen LogP contribution in [0.25, 0.3) is 16.5 Å². The Balaban J connectivity index is 2.65. The van der Waals surface area contributed by atoms with Crippen molar-refractivity contribution in [3.63, 3.8) is 0 Å². The number of carbonyl (C=O) groups is 2. The summed E-state index contributed by atoms with van der Waals surface area (Å²) >= 11 is 0. The van der Waals surface area contributed by atoms with Gasteiger partial charge in [0, 0.05) is 11.5 Å². The van der Waals surface area contributed by atoms with Crippen molar-refractivity contribution < 1.29 is 19.8 Å². The van der Waals surface area contributed by atoms with Crippen LogP contribution in [0.5, 0.6) is 0 Å². The standard InChI is InChI=1S/C11H8N2O4/c14-9(15)5-7(11(16)17)10-6-3-1-2-4-8(6)12-13-10/h1-5H,(H,12,13)(H,14,15)(H,16,17)/b7-5+. The molecule has 0 aliphatic rings. The van der Waals surface area contributed by atoms with E-state index in [1.807, 2.05) is 0 Å². The molecule has 2 rings (SSSR count). The normalized spacial score (nSPS) is 11.6. The van der Waals surface area contributed by atoms with Gasteiger partial charge in [-0.05, 0) is 6.07 Å². The van der Waals surface area contributed by atoms with Gasteiger partial charge in [0.1, 0.15) is 5.69 Å². The van der Waals surface area contributed by atoms with Crippen molar-refractivity contribution in [2.75, 3.05) is 0 Å². The third-order valence-corrected chi connectivity index (χ3v) is 2.22. The molecule has 6 nitrogen and oxygen atoms in total. The summed E-state index contributed by atoms with van der Waals surface area (Å²) in [5.41, 5.74) is 0.422. The van der Waals surface area contributed by atoms with Crippen LogP contribution in [-0.2, 0) is 9.59 Å². The number of nitrogens with zero attached hydrogens (tertiary/aromatic N) is 1. The monoisotopic (exact) mass is 232 g/mol. The van der Waals surface area contributed by atoms with E-state index in [1.54, 1.807) is 24.3 Å². The number of carboxylic acids is 2. The number of nitrogens with one attached hydrogen (secondary N) is 1. The van der Waals surface area contributed by atoms with Gasteiger partial charge < -0.3 is 10.2 Å². The predicted octanol–water partition coefficient (Wildman–Crippen LogP) is 1.12. The Labute approximate surface area is 95.2 Å². The Morgan fingerprint density at radius 1 is 1.24 bits per heavy atom. The number of hydrogen-bond donors (Lipinski definition) is 3. The van der Waals surface area contributed by atoms with Crippen molar-refractivity contribution in [2.24, 2.45) is 0 Å². The zero-order chi connectivity index (χ0) is 12.4. The first-order valence-electron chi connectivity index (χ1n) is 4.71. The molecule has 1 aromatic carbocycles. The summed E-state index contributed by atoms with van der Waals surface area (Å²) in [5, 5.41) is 24.6. The SMILES string of the molecule is O=C(O)/C=C(/C(=O)O)c1n[nH]c2ccccc12. The first-order chi connectivity index (χ1) is 8.09. The molecule has 0 saturated heterocycles. The van der Waals surface area contributed by atoms with Crippen molar-refractivity contribution in [1.29, 1.82) is 0 Å². The number of carboxylic acid groups (broad SMARTS) is 2. The largest absolute Gasteiger partial charge is 0.478 e. The average molecular weight is 232 g/mol. The van der Waals surface area contributed by atoms with E-state index in [9.17, 15) is 9.59 Å². The summed E-state index contributed by atoms with van der Waals surface area (Å²) < 4.78 is 0. The fourth-order valence-corrected chi connectivity index (χ4v) is 1.52. The summed E-state index contributed by atoms with van der Waals surface area (Å²) in [6.07, 6.45) is 0.630. The van der Waals surface area contributed by atoms with Crippen molar-refractivity contribution in [2.45, 2.75) is 0 Å². The molecule has 1 aromatic heterocycles. The van der Waals surface area contributed by atoms with Crippen LogP contribution in [0, 0.1) is 0 Å². The lowest BCUT2D eigenvalue weighted by molar-refractivity contribution is -0.133. The molecule has 0 bridgehead atoms. The lowest BCUT2D eigenvalue weighted by Crippen LogP contribution is -2.03. The summed E-state index contributed by atoms with van der Waals surface area (Å²) in [5.74, 6) is -2.65. The van der Waals surface area contributed by atoms with E-state index in [4.69, 9.17) is 10.2 Å². The molecular formula is C11H8N2O4. The van der Waals surface area contributed by atoms with Crippen LogP contribution in [0.4, 0.5) is 0 Å². The lowest BCUT2D eigenvalue weighted by Gasteiger charge is -1.97. The third kappa shape index (κ3) is 2.00. The van der Waals surface area contributed by atoms with E-state index in [2.05, 4.69) is 10.2 Å². The van der Waals surface area contributed by atoms with E-state index in [0.717, 1.165) is 0 Å². The van der Waals surface area contributed by atoms with E-state index in [1.165, 1.54) is 0 Å². The van der Waals surface area contributed by atoms with Gasteiger partial charge in [-0.1, -0.05) is 18.2 Å². The second-order valence-electron chi connectivity index (χ2n) is 3.32. The zero-order valence-electron chi connectivity index (χ0n) is 8.54. The Morgan fingerprint density at radius 2 is 1.94 bits per heavy atom. The average Bonchev–Trinajstić information content (AvgIpc) is 2.69. The minimum absolute atomic E-state index is 0.121. The van der Waals surface area contributed by atoms with Gasteiger partial charge in [0.25, 0.3) is 0 Å². The number of aliphatic carboxylic acids is 2. The van der Waals surface area contributed by atoms with Gasteiger partial charge in [0.05, 0.1) is 11.1 Å². The number of H-pyrrole nitrogens is 1. The van der Waals surface area contributed by atoms with Gasteiger partial charge in [0.15, 0.2) is 0 Å². The number of aromatic amines is 1. The van der Waals surface area contributed by atoms with Crippen molar-refractivity contribution in [1.82, 2.24) is 10.2 Å². The van der Waals surface area contributed by atoms with E-state index < -0.39 is 11.9 Å². The number of benzene rings is 1. The second kappa shape index (κ2) is 4.09. The molecule has 0 fully saturated rings. The molecule has 17 heavy (non-hydrogen) atoms. The molecule has 0 amide bonds. The smallest absolute Gasteiger partial charge is 0.338 e. The van der Waals surface area contributed by atoms with Crippen LogP contribution in [0.1, 0.15) is 5.69 Å². The Bertz CT molecular complexity index is 627. The molecule has 0 aliphatic carbocycles. The van der Waals surface area contributed by atoms with Crippen molar-refractivity contribution >= 4 is 28.4 Å². The lowest BCUT2D eigenvalue weighted by atomic mass is 10.1. The number of aromatic nitrogens is 2. The second-order valence-corrected chi connectivity index (χ2v) is 3.32. The highest BCUT2D eigenvalue weighted by Gasteiger charge is 2.17. The Morgan fingerprint density at radius 3 is 2.59 bits per heavy atom. The summed E-state index contributed by atoms with van der Waals surface area (Å²) in [4.78, 5) is 21.6. The number of para-hydroxylation sites is 1. The van der Waals surface area contributed by atoms with Gasteiger partial charge in [0.2, 0.25) is 0 Å². The van der Waals surface area contributed by atoms with Crippen LogP contribution in [0.2, 0.25) is 0 Å². The highest BCUT2D eigenvalue weighted by Crippen LogP contribution is 2.22. The molecule has 0 spiro atoms. The Kier molecular flexibility index (Phi) is 2.61. The topological polar surface area (TPSA) is 103 Å². The zero-order valence-corrected chi connectivity index (χ0v) is 8.54.